The predicted octanol–water partition coefficient (Wildman–Crippen LogP) is 4.65. The van der Waals surface area contributed by atoms with Crippen molar-refractivity contribution in [3.05, 3.63) is 35.4 Å². The van der Waals surface area contributed by atoms with Gasteiger partial charge in [0, 0.05) is 18.9 Å². The molecule has 1 saturated carbocycles. The average Bonchev–Trinajstić information content (AvgIpc) is 2.47. The summed E-state index contributed by atoms with van der Waals surface area (Å²) in [5.74, 6) is -1.65. The molecule has 3 heteroatoms. The van der Waals surface area contributed by atoms with Crippen LogP contribution in [-0.2, 0) is 6.42 Å². The largest absolute Gasteiger partial charge is 0.327 e. The molecule has 1 nitrogen and oxygen atoms in total. The summed E-state index contributed by atoms with van der Waals surface area (Å²) in [4.78, 5) is 0. The Labute approximate surface area is 125 Å². The van der Waals surface area contributed by atoms with Crippen molar-refractivity contribution in [1.29, 1.82) is 0 Å². The van der Waals surface area contributed by atoms with Crippen LogP contribution in [0.1, 0.15) is 62.0 Å². The molecule has 1 aromatic rings. The second-order valence-corrected chi connectivity index (χ2v) is 6.88. The van der Waals surface area contributed by atoms with E-state index < -0.39 is 5.92 Å². The van der Waals surface area contributed by atoms with Gasteiger partial charge >= 0.3 is 0 Å². The van der Waals surface area contributed by atoms with Gasteiger partial charge in [-0.3, -0.25) is 0 Å². The minimum absolute atomic E-state index is 0.0205. The third-order valence-electron chi connectivity index (χ3n) is 5.42. The van der Waals surface area contributed by atoms with Crippen LogP contribution in [0, 0.1) is 5.92 Å². The highest BCUT2D eigenvalue weighted by atomic mass is 19.3. The lowest BCUT2D eigenvalue weighted by Gasteiger charge is -2.35. The van der Waals surface area contributed by atoms with Crippen molar-refractivity contribution in [2.45, 2.75) is 69.2 Å². The minimum atomic E-state index is -2.45. The standard InChI is InChI=1S/C18H25F2N/c19-18(20)10-8-14(9-11-18)17(21)12-15-6-3-5-13-4-1-2-7-16(13)15/h1-2,4,7,14-15,17H,3,5-6,8-12,21H2. The lowest BCUT2D eigenvalue weighted by atomic mass is 9.75. The van der Waals surface area contributed by atoms with E-state index in [1.54, 1.807) is 0 Å². The van der Waals surface area contributed by atoms with E-state index in [0.717, 1.165) is 12.8 Å². The maximum atomic E-state index is 13.3. The zero-order valence-electron chi connectivity index (χ0n) is 12.5. The summed E-state index contributed by atoms with van der Waals surface area (Å²) in [6, 6.07) is 8.71. The Kier molecular flexibility index (Phi) is 4.30. The van der Waals surface area contributed by atoms with Gasteiger partial charge in [0.25, 0.3) is 0 Å². The summed E-state index contributed by atoms with van der Waals surface area (Å²) >= 11 is 0. The summed E-state index contributed by atoms with van der Waals surface area (Å²) in [6.45, 7) is 0. The quantitative estimate of drug-likeness (QED) is 0.862. The number of hydrogen-bond donors (Lipinski definition) is 1. The van der Waals surface area contributed by atoms with E-state index >= 15 is 0 Å². The molecular formula is C18H25F2N. The van der Waals surface area contributed by atoms with Gasteiger partial charge in [-0.1, -0.05) is 24.3 Å². The van der Waals surface area contributed by atoms with Gasteiger partial charge in [-0.2, -0.15) is 0 Å². The molecule has 0 amide bonds. The zero-order valence-corrected chi connectivity index (χ0v) is 12.5. The molecule has 2 aliphatic carbocycles. The second-order valence-electron chi connectivity index (χ2n) is 6.88. The van der Waals surface area contributed by atoms with Gasteiger partial charge in [0.15, 0.2) is 0 Å². The van der Waals surface area contributed by atoms with Crippen LogP contribution in [0.5, 0.6) is 0 Å². The van der Waals surface area contributed by atoms with Crippen molar-refractivity contribution in [2.75, 3.05) is 0 Å². The molecule has 0 heterocycles. The third-order valence-corrected chi connectivity index (χ3v) is 5.42. The first kappa shape index (κ1) is 15.0. The van der Waals surface area contributed by atoms with E-state index in [1.165, 1.54) is 24.0 Å². The normalized spacial score (nSPS) is 27.1. The maximum absolute atomic E-state index is 13.3. The maximum Gasteiger partial charge on any atom is 0.248 e. The first-order chi connectivity index (χ1) is 10.1. The first-order valence-electron chi connectivity index (χ1n) is 8.26. The van der Waals surface area contributed by atoms with Crippen LogP contribution in [0.25, 0.3) is 0 Å². The van der Waals surface area contributed by atoms with Gasteiger partial charge in [-0.15, -0.1) is 0 Å². The van der Waals surface area contributed by atoms with Crippen molar-refractivity contribution in [3.63, 3.8) is 0 Å². The highest BCUT2D eigenvalue weighted by Gasteiger charge is 2.37. The fourth-order valence-corrected chi connectivity index (χ4v) is 4.11. The van der Waals surface area contributed by atoms with Gasteiger partial charge in [0.05, 0.1) is 0 Å². The van der Waals surface area contributed by atoms with Crippen molar-refractivity contribution >= 4 is 0 Å². The lowest BCUT2D eigenvalue weighted by Crippen LogP contribution is -2.37. The average molecular weight is 293 g/mol. The molecule has 116 valence electrons. The van der Waals surface area contributed by atoms with Gasteiger partial charge in [0.1, 0.15) is 0 Å². The van der Waals surface area contributed by atoms with Gasteiger partial charge < -0.3 is 5.73 Å². The van der Waals surface area contributed by atoms with Crippen molar-refractivity contribution in [3.8, 4) is 0 Å². The summed E-state index contributed by atoms with van der Waals surface area (Å²) in [6.07, 6.45) is 5.74. The molecule has 0 spiro atoms. The number of aryl methyl sites for hydroxylation is 1. The molecule has 0 bridgehead atoms. The van der Waals surface area contributed by atoms with Gasteiger partial charge in [-0.05, 0) is 61.5 Å². The van der Waals surface area contributed by atoms with Crippen LogP contribution in [0.2, 0.25) is 0 Å². The Balaban J connectivity index is 1.62. The smallest absolute Gasteiger partial charge is 0.248 e. The molecule has 3 rings (SSSR count). The fraction of sp³-hybridized carbons (Fsp3) is 0.667. The summed E-state index contributed by atoms with van der Waals surface area (Å²) in [7, 11) is 0. The van der Waals surface area contributed by atoms with Crippen molar-refractivity contribution in [1.82, 2.24) is 0 Å². The molecule has 0 radical (unpaired) electrons. The van der Waals surface area contributed by atoms with E-state index in [-0.39, 0.29) is 24.8 Å². The monoisotopic (exact) mass is 293 g/mol. The van der Waals surface area contributed by atoms with Crippen molar-refractivity contribution < 1.29 is 8.78 Å². The second kappa shape index (κ2) is 6.04. The van der Waals surface area contributed by atoms with Gasteiger partial charge in [-0.25, -0.2) is 8.78 Å². The Hall–Kier alpha value is -0.960. The number of benzene rings is 1. The van der Waals surface area contributed by atoms with Crippen LogP contribution >= 0.6 is 0 Å². The number of nitrogens with two attached hydrogens (primary N) is 1. The molecule has 2 atom stereocenters. The summed E-state index contributed by atoms with van der Waals surface area (Å²) < 4.78 is 26.5. The number of hydrogen-bond acceptors (Lipinski definition) is 1. The fourth-order valence-electron chi connectivity index (χ4n) is 4.11. The Morgan fingerprint density at radius 3 is 2.62 bits per heavy atom. The third kappa shape index (κ3) is 3.45. The summed E-state index contributed by atoms with van der Waals surface area (Å²) in [5.41, 5.74) is 9.28. The van der Waals surface area contributed by atoms with E-state index in [4.69, 9.17) is 5.73 Å². The lowest BCUT2D eigenvalue weighted by molar-refractivity contribution is -0.0486. The van der Waals surface area contributed by atoms with Crippen LogP contribution in [0.3, 0.4) is 0 Å². The van der Waals surface area contributed by atoms with Crippen LogP contribution in [0.4, 0.5) is 8.78 Å². The van der Waals surface area contributed by atoms with Crippen LogP contribution in [-0.4, -0.2) is 12.0 Å². The summed E-state index contributed by atoms with van der Waals surface area (Å²) in [5, 5.41) is 0. The Morgan fingerprint density at radius 2 is 1.86 bits per heavy atom. The molecule has 21 heavy (non-hydrogen) atoms. The van der Waals surface area contributed by atoms with E-state index in [1.807, 2.05) is 0 Å². The van der Waals surface area contributed by atoms with E-state index in [9.17, 15) is 8.78 Å². The molecule has 0 aromatic heterocycles. The topological polar surface area (TPSA) is 26.0 Å². The Bertz CT molecular complexity index is 476. The van der Waals surface area contributed by atoms with E-state index in [2.05, 4.69) is 24.3 Å². The van der Waals surface area contributed by atoms with Crippen molar-refractivity contribution in [2.24, 2.45) is 11.7 Å². The molecular weight excluding hydrogens is 268 g/mol. The van der Waals surface area contributed by atoms with Gasteiger partial charge in [0.2, 0.25) is 5.92 Å². The number of alkyl halides is 2. The predicted molar refractivity (Wildman–Crippen MR) is 81.6 cm³/mol. The molecule has 2 unspecified atom stereocenters. The minimum Gasteiger partial charge on any atom is -0.327 e. The van der Waals surface area contributed by atoms with E-state index in [0.29, 0.717) is 18.8 Å². The first-order valence-corrected chi connectivity index (χ1v) is 8.26. The molecule has 0 aliphatic heterocycles. The Morgan fingerprint density at radius 1 is 1.14 bits per heavy atom. The number of fused-ring (bicyclic) bond motifs is 1. The zero-order chi connectivity index (χ0) is 14.9. The number of halogens is 2. The highest BCUT2D eigenvalue weighted by Crippen LogP contribution is 2.40. The van der Waals surface area contributed by atoms with Crippen LogP contribution < -0.4 is 5.73 Å². The molecule has 2 aliphatic rings. The molecule has 1 aromatic carbocycles. The SMILES string of the molecule is NC(CC1CCCc2ccccc21)C1CCC(F)(F)CC1. The molecule has 0 saturated heterocycles. The molecule has 2 N–H and O–H groups in total. The number of rotatable bonds is 3. The van der Waals surface area contributed by atoms with Crippen LogP contribution in [0.15, 0.2) is 24.3 Å². The highest BCUT2D eigenvalue weighted by molar-refractivity contribution is 5.32. The molecule has 1 fully saturated rings.